The van der Waals surface area contributed by atoms with Crippen LogP contribution in [-0.2, 0) is 16.0 Å². The average Bonchev–Trinajstić information content (AvgIpc) is 2.86. The van der Waals surface area contributed by atoms with Gasteiger partial charge in [0.15, 0.2) is 0 Å². The van der Waals surface area contributed by atoms with Gasteiger partial charge in [0.05, 0.1) is 12.5 Å². The summed E-state index contributed by atoms with van der Waals surface area (Å²) in [5.74, 6) is -0.954. The number of hydrogen-bond donors (Lipinski definition) is 3. The van der Waals surface area contributed by atoms with E-state index in [9.17, 15) is 9.59 Å². The van der Waals surface area contributed by atoms with E-state index >= 15 is 0 Å². The number of urea groups is 1. The topological polar surface area (TPSA) is 87.7 Å². The van der Waals surface area contributed by atoms with Gasteiger partial charge in [-0.05, 0) is 35.7 Å². The highest BCUT2D eigenvalue weighted by molar-refractivity contribution is 7.07. The smallest absolute Gasteiger partial charge is 0.315 e. The summed E-state index contributed by atoms with van der Waals surface area (Å²) < 4.78 is 4.98. The Bertz CT molecular complexity index is 422. The Morgan fingerprint density at radius 3 is 2.80 bits per heavy atom. The first kappa shape index (κ1) is 16.5. The molecule has 1 heterocycles. The highest BCUT2D eigenvalue weighted by Gasteiger charge is 2.14. The van der Waals surface area contributed by atoms with E-state index in [4.69, 9.17) is 9.84 Å². The third-order valence-electron chi connectivity index (χ3n) is 2.73. The summed E-state index contributed by atoms with van der Waals surface area (Å²) in [6, 6.07) is 1.71. The minimum atomic E-state index is -0.954. The first-order valence-electron chi connectivity index (χ1n) is 6.31. The second-order valence-electron chi connectivity index (χ2n) is 4.55. The number of ether oxygens (including phenoxy) is 1. The molecular formula is C13H20N2O4S. The fraction of sp³-hybridized carbons (Fsp3) is 0.538. The number of carbonyl (C=O) groups excluding carboxylic acids is 1. The van der Waals surface area contributed by atoms with Crippen molar-refractivity contribution in [2.75, 3.05) is 13.7 Å². The molecule has 3 N–H and O–H groups in total. The van der Waals surface area contributed by atoms with E-state index in [2.05, 4.69) is 10.6 Å². The Hall–Kier alpha value is -1.60. The quantitative estimate of drug-likeness (QED) is 0.678. The molecule has 1 aromatic rings. The normalized spacial score (nSPS) is 13.5. The number of carbonyl (C=O) groups is 2. The molecule has 0 saturated heterocycles. The van der Waals surface area contributed by atoms with E-state index in [1.807, 2.05) is 23.8 Å². The largest absolute Gasteiger partial charge is 0.481 e. The molecule has 0 radical (unpaired) electrons. The van der Waals surface area contributed by atoms with Crippen molar-refractivity contribution in [2.24, 2.45) is 0 Å². The number of hydrogen-bond acceptors (Lipinski definition) is 4. The van der Waals surface area contributed by atoms with Gasteiger partial charge in [0.2, 0.25) is 0 Å². The first-order valence-corrected chi connectivity index (χ1v) is 7.25. The number of thiophene rings is 1. The molecule has 0 aliphatic carbocycles. The van der Waals surface area contributed by atoms with Crippen molar-refractivity contribution in [3.05, 3.63) is 22.4 Å². The molecule has 0 bridgehead atoms. The molecule has 112 valence electrons. The van der Waals surface area contributed by atoms with Gasteiger partial charge in [-0.15, -0.1) is 0 Å². The van der Waals surface area contributed by atoms with E-state index < -0.39 is 12.1 Å². The summed E-state index contributed by atoms with van der Waals surface area (Å²) in [7, 11) is 1.42. The zero-order valence-electron chi connectivity index (χ0n) is 11.6. The highest BCUT2D eigenvalue weighted by Crippen LogP contribution is 2.08. The molecule has 1 aromatic heterocycles. The van der Waals surface area contributed by atoms with Crippen LogP contribution >= 0.6 is 11.3 Å². The first-order chi connectivity index (χ1) is 9.51. The second kappa shape index (κ2) is 8.55. The van der Waals surface area contributed by atoms with Crippen LogP contribution in [0.1, 0.15) is 18.9 Å². The average molecular weight is 300 g/mol. The Morgan fingerprint density at radius 1 is 1.50 bits per heavy atom. The molecule has 1 rings (SSSR count). The standard InChI is InChI=1S/C13H20N2O4S/c1-9(5-10-3-4-20-8-10)15-13(18)14-7-11(19-2)6-12(16)17/h3-4,8-9,11H,5-7H2,1-2H3,(H,16,17)(H2,14,15,18). The van der Waals surface area contributed by atoms with Gasteiger partial charge in [0.25, 0.3) is 0 Å². The van der Waals surface area contributed by atoms with E-state index in [1.54, 1.807) is 11.3 Å². The maximum absolute atomic E-state index is 11.7. The number of aliphatic carboxylic acids is 1. The highest BCUT2D eigenvalue weighted by atomic mass is 32.1. The van der Waals surface area contributed by atoms with Gasteiger partial charge in [-0.1, -0.05) is 0 Å². The Labute approximate surface area is 122 Å². The number of rotatable bonds is 8. The lowest BCUT2D eigenvalue weighted by atomic mass is 10.1. The minimum absolute atomic E-state index is 0.00469. The monoisotopic (exact) mass is 300 g/mol. The van der Waals surface area contributed by atoms with Crippen molar-refractivity contribution in [1.82, 2.24) is 10.6 Å². The summed E-state index contributed by atoms with van der Waals surface area (Å²) in [5, 5.41) is 18.1. The molecule has 0 aromatic carbocycles. The lowest BCUT2D eigenvalue weighted by molar-refractivity contribution is -0.139. The Balaban J connectivity index is 2.26. The summed E-state index contributed by atoms with van der Waals surface area (Å²) in [4.78, 5) is 22.2. The van der Waals surface area contributed by atoms with Crippen LogP contribution < -0.4 is 10.6 Å². The zero-order valence-corrected chi connectivity index (χ0v) is 12.4. The molecule has 0 spiro atoms. The van der Waals surface area contributed by atoms with E-state index in [0.29, 0.717) is 0 Å². The Morgan fingerprint density at radius 2 is 2.25 bits per heavy atom. The van der Waals surface area contributed by atoms with Crippen molar-refractivity contribution < 1.29 is 19.4 Å². The van der Waals surface area contributed by atoms with Gasteiger partial charge in [0, 0.05) is 19.7 Å². The predicted octanol–water partition coefficient (Wildman–Crippen LogP) is 1.47. The van der Waals surface area contributed by atoms with Gasteiger partial charge in [0.1, 0.15) is 0 Å². The molecule has 0 saturated carbocycles. The van der Waals surface area contributed by atoms with E-state index in [1.165, 1.54) is 12.7 Å². The van der Waals surface area contributed by atoms with Gasteiger partial charge in [-0.25, -0.2) is 4.79 Å². The summed E-state index contributed by atoms with van der Waals surface area (Å²) in [6.07, 6.45) is 0.103. The molecule has 7 heteroatoms. The van der Waals surface area contributed by atoms with Gasteiger partial charge >= 0.3 is 12.0 Å². The number of nitrogens with one attached hydrogen (secondary N) is 2. The Kier molecular flexibility index (Phi) is 7.03. The number of carboxylic acid groups (broad SMARTS) is 1. The van der Waals surface area contributed by atoms with Crippen molar-refractivity contribution in [2.45, 2.75) is 31.9 Å². The van der Waals surface area contributed by atoms with Crippen molar-refractivity contribution in [3.63, 3.8) is 0 Å². The molecule has 0 fully saturated rings. The van der Waals surface area contributed by atoms with Crippen molar-refractivity contribution in [1.29, 1.82) is 0 Å². The van der Waals surface area contributed by atoms with Crippen molar-refractivity contribution in [3.8, 4) is 0 Å². The SMILES string of the molecule is COC(CNC(=O)NC(C)Cc1ccsc1)CC(=O)O. The second-order valence-corrected chi connectivity index (χ2v) is 5.33. The maximum atomic E-state index is 11.7. The molecule has 0 aliphatic rings. The van der Waals surface area contributed by atoms with E-state index in [0.717, 1.165) is 6.42 Å². The molecule has 2 atom stereocenters. The van der Waals surface area contributed by atoms with Crippen LogP contribution in [0.5, 0.6) is 0 Å². The molecule has 20 heavy (non-hydrogen) atoms. The minimum Gasteiger partial charge on any atom is -0.481 e. The lowest BCUT2D eigenvalue weighted by Crippen LogP contribution is -2.44. The molecule has 0 aliphatic heterocycles. The summed E-state index contributed by atoms with van der Waals surface area (Å²) >= 11 is 1.62. The molecule has 2 amide bonds. The molecule has 6 nitrogen and oxygen atoms in total. The van der Waals surface area contributed by atoms with Crippen LogP contribution in [0, 0.1) is 0 Å². The van der Waals surface area contributed by atoms with Crippen molar-refractivity contribution >= 4 is 23.3 Å². The molecular weight excluding hydrogens is 280 g/mol. The van der Waals surface area contributed by atoms with Gasteiger partial charge < -0.3 is 20.5 Å². The van der Waals surface area contributed by atoms with Crippen LogP contribution in [-0.4, -0.2) is 42.9 Å². The van der Waals surface area contributed by atoms with Crippen LogP contribution in [0.2, 0.25) is 0 Å². The number of methoxy groups -OCH3 is 1. The molecule has 2 unspecified atom stereocenters. The fourth-order valence-corrected chi connectivity index (χ4v) is 2.41. The lowest BCUT2D eigenvalue weighted by Gasteiger charge is -2.17. The summed E-state index contributed by atoms with van der Waals surface area (Å²) in [5.41, 5.74) is 1.18. The van der Waals surface area contributed by atoms with E-state index in [-0.39, 0.29) is 25.0 Å². The number of carboxylic acids is 1. The maximum Gasteiger partial charge on any atom is 0.315 e. The van der Waals surface area contributed by atoms with Gasteiger partial charge in [-0.2, -0.15) is 11.3 Å². The van der Waals surface area contributed by atoms with Gasteiger partial charge in [-0.3, -0.25) is 4.79 Å². The predicted molar refractivity (Wildman–Crippen MR) is 77.1 cm³/mol. The third kappa shape index (κ3) is 6.53. The third-order valence-corrected chi connectivity index (χ3v) is 3.46. The van der Waals surface area contributed by atoms with Crippen LogP contribution in [0.15, 0.2) is 16.8 Å². The zero-order chi connectivity index (χ0) is 15.0. The van der Waals surface area contributed by atoms with Crippen LogP contribution in [0.3, 0.4) is 0 Å². The van der Waals surface area contributed by atoms with Crippen LogP contribution in [0.4, 0.5) is 4.79 Å². The fourth-order valence-electron chi connectivity index (χ4n) is 1.73. The number of amides is 2. The summed E-state index contributed by atoms with van der Waals surface area (Å²) in [6.45, 7) is 2.09. The van der Waals surface area contributed by atoms with Crippen LogP contribution in [0.25, 0.3) is 0 Å².